The highest BCUT2D eigenvalue weighted by Crippen LogP contribution is 2.64. The van der Waals surface area contributed by atoms with E-state index in [2.05, 4.69) is 337 Å². The fourth-order valence-corrected chi connectivity index (χ4v) is 19.7. The smallest absolute Gasteiger partial charge is 0.240 e. The monoisotopic (exact) mass is 1210 g/mol. The Bertz CT molecular complexity index is 4990. The largest absolute Gasteiger partial charge is 0.308 e. The van der Waals surface area contributed by atoms with Crippen molar-refractivity contribution in [1.82, 2.24) is 0 Å². The van der Waals surface area contributed by atoms with Gasteiger partial charge in [-0.15, -0.1) is 0 Å². The maximum atomic E-state index is 2.60. The number of nitrogens with zero attached hydrogens (tertiary/aromatic N) is 2. The van der Waals surface area contributed by atoms with Crippen molar-refractivity contribution in [3.63, 3.8) is 0 Å². The third-order valence-electron chi connectivity index (χ3n) is 21.1. The first-order valence-corrected chi connectivity index (χ1v) is 34.2. The molecule has 0 amide bonds. The topological polar surface area (TPSA) is 6.48 Å². The third-order valence-corrected chi connectivity index (χ3v) is 23.3. The molecule has 93 heavy (non-hydrogen) atoms. The van der Waals surface area contributed by atoms with Crippen LogP contribution in [0, 0.1) is 0 Å². The molecule has 0 saturated heterocycles. The zero-order valence-corrected chi connectivity index (χ0v) is 52.3. The molecule has 0 unspecified atom stereocenters. The van der Waals surface area contributed by atoms with Crippen LogP contribution in [0.25, 0.3) is 22.3 Å². The van der Waals surface area contributed by atoms with E-state index >= 15 is 0 Å². The zero-order chi connectivity index (χ0) is 60.9. The minimum atomic E-state index is -0.765. The van der Waals surface area contributed by atoms with Crippen LogP contribution in [0.1, 0.15) is 22.3 Å². The maximum absolute atomic E-state index is 2.60. The molecule has 428 valence electrons. The lowest BCUT2D eigenvalue weighted by atomic mass is 9.20. The Balaban J connectivity index is 0.949. The molecule has 0 N–H and O–H groups in total. The normalized spacial score (nSPS) is 14.3. The third kappa shape index (κ3) is 7.68. The number of hydrogen-bond acceptors (Lipinski definition) is 4. The van der Waals surface area contributed by atoms with E-state index in [-0.39, 0.29) is 26.9 Å². The van der Waals surface area contributed by atoms with Gasteiger partial charge in [0.25, 0.3) is 0 Å². The van der Waals surface area contributed by atoms with E-state index in [0.29, 0.717) is 0 Å². The minimum Gasteiger partial charge on any atom is -0.308 e. The summed E-state index contributed by atoms with van der Waals surface area (Å²) in [7, 11) is 0. The average molecular weight is 1210 g/mol. The Morgan fingerprint density at radius 1 is 0.237 bits per heavy atom. The van der Waals surface area contributed by atoms with E-state index in [9.17, 15) is 0 Å². The zero-order valence-electron chi connectivity index (χ0n) is 50.7. The Hall–Kier alpha value is -10.4. The Morgan fingerprint density at radius 3 is 0.860 bits per heavy atom. The van der Waals surface area contributed by atoms with Crippen LogP contribution in [0.4, 0.5) is 34.1 Å². The Labute approximate surface area is 553 Å². The first-order valence-electron chi connectivity index (χ1n) is 32.5. The summed E-state index contributed by atoms with van der Waals surface area (Å²) >= 11 is 3.73. The molecule has 4 heterocycles. The van der Waals surface area contributed by atoms with Gasteiger partial charge in [-0.1, -0.05) is 344 Å². The average Bonchev–Trinajstić information content (AvgIpc) is 1.50. The molecule has 0 aromatic heterocycles. The molecule has 4 aliphatic heterocycles. The summed E-state index contributed by atoms with van der Waals surface area (Å²) in [4.78, 5) is 10.1. The first kappa shape index (κ1) is 53.3. The van der Waals surface area contributed by atoms with Crippen molar-refractivity contribution in [3.05, 3.63) is 350 Å². The van der Waals surface area contributed by atoms with Crippen LogP contribution in [-0.4, -0.2) is 26.9 Å². The second-order valence-electron chi connectivity index (χ2n) is 25.6. The SMILES string of the molecule is c1ccc(B2c3ccccc3B(c3ccccc3)c3c2ccc2c3-c3cc(N4c5ccccc5Sc5ccccc54)ccc3C23c2ccc(N4c5ccccc5Sc5ccccc54)cc2-c2c3ccc3c2B(c2ccccc2)c2ccccc2B3c2ccccc2)cc1. The minimum absolute atomic E-state index is 0.00322. The van der Waals surface area contributed by atoms with Gasteiger partial charge in [0.1, 0.15) is 0 Å². The van der Waals surface area contributed by atoms with Crippen LogP contribution < -0.4 is 75.4 Å². The van der Waals surface area contributed by atoms with Crippen LogP contribution in [0.5, 0.6) is 0 Å². The lowest BCUT2D eigenvalue weighted by Crippen LogP contribution is -2.75. The van der Waals surface area contributed by atoms with E-state index in [1.807, 2.05) is 23.5 Å². The van der Waals surface area contributed by atoms with E-state index in [1.54, 1.807) is 0 Å². The van der Waals surface area contributed by atoms with Crippen molar-refractivity contribution < 1.29 is 0 Å². The molecule has 0 atom stereocenters. The molecule has 20 rings (SSSR count). The molecule has 0 bridgehead atoms. The lowest BCUT2D eigenvalue weighted by molar-refractivity contribution is 0.794. The standard InChI is InChI=1S/C85H54B4N2S2/c1-5-25-55(26-6-1)86-67-33-13-15-35-69(67)88(57-29-9-3-10-30-57)83-71(86)51-49-65-81(83)61-53-59(90-73-37-17-21-41-77(73)92-78-42-22-18-38-74(78)90)45-47-63(61)85(65)64-48-46-60(91-75-39-19-23-43-79(75)93-80-44-24-20-40-76(80)91)54-62(64)82-66(85)50-52-72-84(82)89(58-31-11-4-12-32-58)70-36-16-14-34-68(70)87(72)56-27-7-2-8-28-56/h1-54H. The van der Waals surface area contributed by atoms with Gasteiger partial charge in [0, 0.05) is 31.0 Å². The van der Waals surface area contributed by atoms with Crippen molar-refractivity contribution >= 4 is 150 Å². The van der Waals surface area contributed by atoms with Crippen molar-refractivity contribution in [3.8, 4) is 22.3 Å². The van der Waals surface area contributed by atoms with Crippen LogP contribution in [0.2, 0.25) is 0 Å². The second-order valence-corrected chi connectivity index (χ2v) is 27.7. The molecular weight excluding hydrogens is 1160 g/mol. The molecule has 14 aromatic rings. The van der Waals surface area contributed by atoms with Crippen LogP contribution in [-0.2, 0) is 5.41 Å². The highest BCUT2D eigenvalue weighted by atomic mass is 32.2. The van der Waals surface area contributed by atoms with Gasteiger partial charge < -0.3 is 9.80 Å². The van der Waals surface area contributed by atoms with Gasteiger partial charge in [-0.25, -0.2) is 0 Å². The molecule has 8 heteroatoms. The van der Waals surface area contributed by atoms with Gasteiger partial charge in [-0.2, -0.15) is 0 Å². The molecule has 2 nitrogen and oxygen atoms in total. The van der Waals surface area contributed by atoms with Gasteiger partial charge in [0.05, 0.1) is 28.2 Å². The van der Waals surface area contributed by atoms with Crippen molar-refractivity contribution in [2.24, 2.45) is 0 Å². The highest BCUT2D eigenvalue weighted by molar-refractivity contribution is 8.00. The quantitative estimate of drug-likeness (QED) is 0.153. The lowest BCUT2D eigenvalue weighted by Gasteiger charge is -2.36. The summed E-state index contributed by atoms with van der Waals surface area (Å²) in [5.41, 5.74) is 33.0. The van der Waals surface area contributed by atoms with E-state index in [0.717, 1.165) is 11.4 Å². The first-order chi connectivity index (χ1) is 46.2. The molecule has 2 aliphatic carbocycles. The van der Waals surface area contributed by atoms with Gasteiger partial charge >= 0.3 is 0 Å². The predicted octanol–water partition coefficient (Wildman–Crippen LogP) is 12.6. The number of fused-ring (bicyclic) bond motifs is 20. The van der Waals surface area contributed by atoms with Crippen molar-refractivity contribution in [1.29, 1.82) is 0 Å². The summed E-state index contributed by atoms with van der Waals surface area (Å²) in [6, 6.07) is 126. The summed E-state index contributed by atoms with van der Waals surface area (Å²) in [6.45, 7) is -0.144. The van der Waals surface area contributed by atoms with Gasteiger partial charge in [-0.3, -0.25) is 0 Å². The summed E-state index contributed by atoms with van der Waals surface area (Å²) in [5.74, 6) is 0. The Morgan fingerprint density at radius 2 is 0.516 bits per heavy atom. The molecule has 0 fully saturated rings. The van der Waals surface area contributed by atoms with E-state index in [1.165, 1.54) is 152 Å². The van der Waals surface area contributed by atoms with Crippen molar-refractivity contribution in [2.45, 2.75) is 25.0 Å². The summed E-state index contributed by atoms with van der Waals surface area (Å²) in [5, 5.41) is 0. The fraction of sp³-hybridized carbons (Fsp3) is 0.0118. The molecule has 0 radical (unpaired) electrons. The number of para-hydroxylation sites is 4. The molecule has 0 saturated carbocycles. The molecular formula is C85H54B4N2S2. The second kappa shape index (κ2) is 20.8. The maximum Gasteiger partial charge on any atom is 0.240 e. The summed E-state index contributed by atoms with van der Waals surface area (Å²) < 4.78 is 0. The van der Waals surface area contributed by atoms with Crippen LogP contribution >= 0.6 is 23.5 Å². The van der Waals surface area contributed by atoms with E-state index in [4.69, 9.17) is 0 Å². The summed E-state index contributed by atoms with van der Waals surface area (Å²) in [6.07, 6.45) is 0. The van der Waals surface area contributed by atoms with E-state index < -0.39 is 5.41 Å². The predicted molar refractivity (Wildman–Crippen MR) is 398 cm³/mol. The Kier molecular flexibility index (Phi) is 11.9. The number of rotatable bonds is 6. The van der Waals surface area contributed by atoms with Gasteiger partial charge in [0.2, 0.25) is 26.9 Å². The molecule has 1 spiro atoms. The highest BCUT2D eigenvalue weighted by Gasteiger charge is 2.57. The number of benzene rings is 14. The molecule has 14 aromatic carbocycles. The van der Waals surface area contributed by atoms with Gasteiger partial charge in [-0.05, 0) is 117 Å². The van der Waals surface area contributed by atoms with Crippen LogP contribution in [0.3, 0.4) is 0 Å². The van der Waals surface area contributed by atoms with Gasteiger partial charge in [0.15, 0.2) is 0 Å². The van der Waals surface area contributed by atoms with Crippen LogP contribution in [0.15, 0.2) is 347 Å². The fourth-order valence-electron chi connectivity index (χ4n) is 17.6. The molecule has 6 aliphatic rings. The van der Waals surface area contributed by atoms with Crippen molar-refractivity contribution in [2.75, 3.05) is 9.80 Å². The number of anilines is 6. The number of hydrogen-bond donors (Lipinski definition) is 0.